The molecule has 7 heteroatoms. The number of aryl methyl sites for hydroxylation is 1. The number of nitrogens with one attached hydrogen (secondary N) is 2. The molecule has 2 rings (SSSR count). The zero-order valence-electron chi connectivity index (χ0n) is 17.8. The monoisotopic (exact) mass is 412 g/mol. The summed E-state index contributed by atoms with van der Waals surface area (Å²) in [4.78, 5) is 4.43. The first-order chi connectivity index (χ1) is 14.6. The zero-order chi connectivity index (χ0) is 21.8. The number of hydrogen-bond donors (Lipinski definition) is 2. The first-order valence-corrected chi connectivity index (χ1v) is 10.1. The fourth-order valence-corrected chi connectivity index (χ4v) is 2.92. The van der Waals surface area contributed by atoms with Gasteiger partial charge in [-0.25, -0.2) is 9.38 Å². The Bertz CT molecular complexity index is 893. The summed E-state index contributed by atoms with van der Waals surface area (Å²) in [5.41, 5.74) is 1.98. The number of benzene rings is 2. The highest BCUT2D eigenvalue weighted by Gasteiger charge is 2.06. The molecule has 0 spiro atoms. The Morgan fingerprint density at radius 1 is 1.13 bits per heavy atom. The summed E-state index contributed by atoms with van der Waals surface area (Å²) in [7, 11) is 1.63. The van der Waals surface area contributed by atoms with Gasteiger partial charge in [-0.15, -0.1) is 0 Å². The highest BCUT2D eigenvalue weighted by Crippen LogP contribution is 2.28. The zero-order valence-corrected chi connectivity index (χ0v) is 17.8. The number of methoxy groups -OCH3 is 1. The maximum absolute atomic E-state index is 13.9. The molecule has 0 aliphatic heterocycles. The predicted molar refractivity (Wildman–Crippen MR) is 116 cm³/mol. The molecule has 0 aromatic heterocycles. The molecule has 30 heavy (non-hydrogen) atoms. The number of nitriles is 1. The molecule has 0 bridgehead atoms. The molecule has 0 atom stereocenters. The van der Waals surface area contributed by atoms with Crippen molar-refractivity contribution in [1.29, 1.82) is 5.26 Å². The minimum absolute atomic E-state index is 0.160. The SMILES string of the molecule is CCNC(=NCc1cc(C#N)ccc1F)NCCCc1ccc(OC)c(OCC)c1. The Balaban J connectivity index is 1.91. The van der Waals surface area contributed by atoms with Gasteiger partial charge in [0.1, 0.15) is 5.82 Å². The molecule has 160 valence electrons. The largest absolute Gasteiger partial charge is 0.493 e. The normalized spacial score (nSPS) is 11.0. The van der Waals surface area contributed by atoms with Crippen molar-refractivity contribution in [2.45, 2.75) is 33.2 Å². The van der Waals surface area contributed by atoms with Crippen molar-refractivity contribution >= 4 is 5.96 Å². The number of nitrogens with zero attached hydrogens (tertiary/aromatic N) is 2. The van der Waals surface area contributed by atoms with Gasteiger partial charge in [0.25, 0.3) is 0 Å². The van der Waals surface area contributed by atoms with E-state index in [0.717, 1.165) is 24.3 Å². The third kappa shape index (κ3) is 6.96. The Kier molecular flexibility index (Phi) is 9.46. The van der Waals surface area contributed by atoms with Gasteiger partial charge in [0.15, 0.2) is 17.5 Å². The average Bonchev–Trinajstić information content (AvgIpc) is 2.76. The lowest BCUT2D eigenvalue weighted by Crippen LogP contribution is -2.37. The molecule has 2 N–H and O–H groups in total. The van der Waals surface area contributed by atoms with Crippen LogP contribution < -0.4 is 20.1 Å². The molecule has 6 nitrogen and oxygen atoms in total. The van der Waals surface area contributed by atoms with E-state index >= 15 is 0 Å². The van der Waals surface area contributed by atoms with Crippen molar-refractivity contribution in [3.05, 3.63) is 58.9 Å². The van der Waals surface area contributed by atoms with Crippen LogP contribution in [-0.2, 0) is 13.0 Å². The molecule has 0 saturated heterocycles. The number of aliphatic imine (C=N–C) groups is 1. The van der Waals surface area contributed by atoms with Crippen molar-refractivity contribution in [2.24, 2.45) is 4.99 Å². The van der Waals surface area contributed by atoms with Crippen LogP contribution in [0.2, 0.25) is 0 Å². The van der Waals surface area contributed by atoms with Crippen LogP contribution in [0.25, 0.3) is 0 Å². The summed E-state index contributed by atoms with van der Waals surface area (Å²) >= 11 is 0. The van der Waals surface area contributed by atoms with Crippen molar-refractivity contribution in [3.63, 3.8) is 0 Å². The Labute approximate surface area is 177 Å². The van der Waals surface area contributed by atoms with Gasteiger partial charge in [0, 0.05) is 18.7 Å². The highest BCUT2D eigenvalue weighted by molar-refractivity contribution is 5.79. The van der Waals surface area contributed by atoms with Gasteiger partial charge in [0.05, 0.1) is 31.9 Å². The van der Waals surface area contributed by atoms with Gasteiger partial charge >= 0.3 is 0 Å². The topological polar surface area (TPSA) is 78.7 Å². The van der Waals surface area contributed by atoms with Gasteiger partial charge in [-0.05, 0) is 62.6 Å². The molecule has 0 aliphatic rings. The van der Waals surface area contributed by atoms with Crippen LogP contribution >= 0.6 is 0 Å². The molecule has 0 amide bonds. The fraction of sp³-hybridized carbons (Fsp3) is 0.391. The molecule has 0 heterocycles. The minimum atomic E-state index is -0.363. The molecule has 0 radical (unpaired) electrons. The molecular formula is C23H29FN4O2. The van der Waals surface area contributed by atoms with E-state index < -0.39 is 0 Å². The second-order valence-electron chi connectivity index (χ2n) is 6.56. The second-order valence-corrected chi connectivity index (χ2v) is 6.56. The number of ether oxygens (including phenoxy) is 2. The fourth-order valence-electron chi connectivity index (χ4n) is 2.92. The summed E-state index contributed by atoms with van der Waals surface area (Å²) in [6, 6.07) is 12.3. The standard InChI is InChI=1S/C23H29FN4O2/c1-4-26-23(28-16-19-13-18(15-25)8-10-20(19)24)27-12-6-7-17-9-11-21(29-3)22(14-17)30-5-2/h8-11,13-14H,4-7,12,16H2,1-3H3,(H2,26,27,28). The lowest BCUT2D eigenvalue weighted by atomic mass is 10.1. The lowest BCUT2D eigenvalue weighted by Gasteiger charge is -2.13. The maximum Gasteiger partial charge on any atom is 0.191 e. The van der Waals surface area contributed by atoms with Crippen molar-refractivity contribution < 1.29 is 13.9 Å². The third-order valence-corrected chi connectivity index (χ3v) is 4.39. The lowest BCUT2D eigenvalue weighted by molar-refractivity contribution is 0.310. The third-order valence-electron chi connectivity index (χ3n) is 4.39. The van der Waals surface area contributed by atoms with E-state index in [2.05, 4.69) is 15.6 Å². The van der Waals surface area contributed by atoms with Crippen LogP contribution in [0.5, 0.6) is 11.5 Å². The van der Waals surface area contributed by atoms with Gasteiger partial charge in [0.2, 0.25) is 0 Å². The second kappa shape index (κ2) is 12.3. The van der Waals surface area contributed by atoms with Gasteiger partial charge in [-0.1, -0.05) is 6.07 Å². The van der Waals surface area contributed by atoms with E-state index in [9.17, 15) is 4.39 Å². The highest BCUT2D eigenvalue weighted by atomic mass is 19.1. The molecular weight excluding hydrogens is 383 g/mol. The molecule has 0 fully saturated rings. The predicted octanol–water partition coefficient (Wildman–Crippen LogP) is 3.79. The maximum atomic E-state index is 13.9. The summed E-state index contributed by atoms with van der Waals surface area (Å²) in [5.74, 6) is 1.73. The number of rotatable bonds is 10. The average molecular weight is 413 g/mol. The van der Waals surface area contributed by atoms with E-state index in [1.807, 2.05) is 38.1 Å². The minimum Gasteiger partial charge on any atom is -0.493 e. The van der Waals surface area contributed by atoms with Crippen molar-refractivity contribution in [3.8, 4) is 17.6 Å². The van der Waals surface area contributed by atoms with E-state index in [1.165, 1.54) is 23.8 Å². The Hall–Kier alpha value is -3.27. The molecule has 2 aromatic rings. The number of hydrogen-bond acceptors (Lipinski definition) is 4. The summed E-state index contributed by atoms with van der Waals surface area (Å²) < 4.78 is 24.9. The van der Waals surface area contributed by atoms with E-state index in [-0.39, 0.29) is 12.4 Å². The smallest absolute Gasteiger partial charge is 0.191 e. The molecule has 0 unspecified atom stereocenters. The molecule has 0 aliphatic carbocycles. The van der Waals surface area contributed by atoms with Crippen molar-refractivity contribution in [2.75, 3.05) is 26.8 Å². The van der Waals surface area contributed by atoms with E-state index in [0.29, 0.717) is 36.8 Å². The Morgan fingerprint density at radius 2 is 1.97 bits per heavy atom. The summed E-state index contributed by atoms with van der Waals surface area (Å²) in [5, 5.41) is 15.4. The summed E-state index contributed by atoms with van der Waals surface area (Å²) in [6.45, 7) is 6.07. The quantitative estimate of drug-likeness (QED) is 0.353. The first kappa shape index (κ1) is 23.0. The van der Waals surface area contributed by atoms with Crippen LogP contribution in [-0.4, -0.2) is 32.8 Å². The van der Waals surface area contributed by atoms with Gasteiger partial charge < -0.3 is 20.1 Å². The van der Waals surface area contributed by atoms with Crippen molar-refractivity contribution in [1.82, 2.24) is 10.6 Å². The van der Waals surface area contributed by atoms with Crippen LogP contribution in [0.3, 0.4) is 0 Å². The summed E-state index contributed by atoms with van der Waals surface area (Å²) in [6.07, 6.45) is 1.76. The Morgan fingerprint density at radius 3 is 2.67 bits per heavy atom. The van der Waals surface area contributed by atoms with Crippen LogP contribution in [0, 0.1) is 17.1 Å². The number of halogens is 1. The van der Waals surface area contributed by atoms with Crippen LogP contribution in [0.4, 0.5) is 4.39 Å². The number of guanidine groups is 1. The molecule has 0 saturated carbocycles. The van der Waals surface area contributed by atoms with Gasteiger partial charge in [-0.2, -0.15) is 5.26 Å². The van der Waals surface area contributed by atoms with Crippen LogP contribution in [0.1, 0.15) is 37.0 Å². The van der Waals surface area contributed by atoms with Crippen LogP contribution in [0.15, 0.2) is 41.4 Å². The molecule has 2 aromatic carbocycles. The van der Waals surface area contributed by atoms with E-state index in [1.54, 1.807) is 7.11 Å². The van der Waals surface area contributed by atoms with Gasteiger partial charge in [-0.3, -0.25) is 0 Å². The first-order valence-electron chi connectivity index (χ1n) is 10.1. The van der Waals surface area contributed by atoms with E-state index in [4.69, 9.17) is 14.7 Å².